The number of nitrogens with zero attached hydrogens (tertiary/aromatic N) is 1. The second-order valence-corrected chi connectivity index (χ2v) is 8.77. The largest absolute Gasteiger partial charge is 0.497 e. The molecule has 1 saturated heterocycles. The van der Waals surface area contributed by atoms with E-state index in [2.05, 4.69) is 5.32 Å². The standard InChI is InChI=1S/C28H32N2O5/c1-18(24-17-20(33-2)9-11-26(24)35-4)29-27(31)19-13-15-30(16-14-19)28(32)23-10-12-25(34-3)22-8-6-5-7-21(22)23/h5-12,17-19H,13-16H2,1-4H3,(H,29,31). The Bertz CT molecular complexity index is 1220. The van der Waals surface area contributed by atoms with Crippen molar-refractivity contribution in [3.05, 3.63) is 65.7 Å². The molecule has 1 unspecified atom stereocenters. The molecule has 1 N–H and O–H groups in total. The maximum absolute atomic E-state index is 13.3. The van der Waals surface area contributed by atoms with E-state index in [1.54, 1.807) is 21.3 Å². The second kappa shape index (κ2) is 10.7. The lowest BCUT2D eigenvalue weighted by atomic mass is 9.94. The van der Waals surface area contributed by atoms with E-state index in [1.807, 2.05) is 66.4 Å². The highest BCUT2D eigenvalue weighted by molar-refractivity contribution is 6.08. The lowest BCUT2D eigenvalue weighted by Crippen LogP contribution is -2.43. The number of fused-ring (bicyclic) bond motifs is 1. The van der Waals surface area contributed by atoms with Gasteiger partial charge in [0.15, 0.2) is 0 Å². The van der Waals surface area contributed by atoms with Crippen LogP contribution in [0.1, 0.15) is 41.7 Å². The summed E-state index contributed by atoms with van der Waals surface area (Å²) < 4.78 is 16.2. The van der Waals surface area contributed by atoms with Gasteiger partial charge < -0.3 is 24.4 Å². The molecule has 184 valence electrons. The molecule has 0 bridgehead atoms. The Morgan fingerprint density at radius 3 is 2.20 bits per heavy atom. The first-order valence-corrected chi connectivity index (χ1v) is 11.8. The molecule has 1 aliphatic rings. The van der Waals surface area contributed by atoms with Crippen molar-refractivity contribution in [3.63, 3.8) is 0 Å². The Labute approximate surface area is 206 Å². The summed E-state index contributed by atoms with van der Waals surface area (Å²) in [5, 5.41) is 4.90. The maximum atomic E-state index is 13.3. The molecular formula is C28H32N2O5. The Morgan fingerprint density at radius 1 is 0.886 bits per heavy atom. The van der Waals surface area contributed by atoms with Crippen LogP contribution in [0.15, 0.2) is 54.6 Å². The number of methoxy groups -OCH3 is 3. The van der Waals surface area contributed by atoms with Crippen LogP contribution in [0.5, 0.6) is 17.2 Å². The Balaban J connectivity index is 1.41. The van der Waals surface area contributed by atoms with Crippen molar-refractivity contribution >= 4 is 22.6 Å². The molecule has 1 aliphatic heterocycles. The molecule has 3 aromatic carbocycles. The van der Waals surface area contributed by atoms with Crippen LogP contribution in [0.3, 0.4) is 0 Å². The molecule has 0 aliphatic carbocycles. The van der Waals surface area contributed by atoms with Crippen LogP contribution in [0.4, 0.5) is 0 Å². The van der Waals surface area contributed by atoms with Crippen molar-refractivity contribution in [1.82, 2.24) is 10.2 Å². The van der Waals surface area contributed by atoms with E-state index in [0.717, 1.165) is 22.1 Å². The van der Waals surface area contributed by atoms with E-state index in [4.69, 9.17) is 14.2 Å². The van der Waals surface area contributed by atoms with Crippen molar-refractivity contribution in [2.75, 3.05) is 34.4 Å². The molecule has 1 atom stereocenters. The van der Waals surface area contributed by atoms with Crippen LogP contribution in [-0.2, 0) is 4.79 Å². The molecule has 7 heteroatoms. The number of carbonyl (C=O) groups is 2. The zero-order valence-corrected chi connectivity index (χ0v) is 20.7. The van der Waals surface area contributed by atoms with Gasteiger partial charge in [-0.25, -0.2) is 0 Å². The molecular weight excluding hydrogens is 444 g/mol. The van der Waals surface area contributed by atoms with Gasteiger partial charge in [0.1, 0.15) is 17.2 Å². The van der Waals surface area contributed by atoms with Gasteiger partial charge in [-0.3, -0.25) is 9.59 Å². The first kappa shape index (κ1) is 24.4. The summed E-state index contributed by atoms with van der Waals surface area (Å²) in [6.45, 7) is 3.00. The van der Waals surface area contributed by atoms with Crippen LogP contribution in [0.25, 0.3) is 10.8 Å². The predicted molar refractivity (Wildman–Crippen MR) is 135 cm³/mol. The van der Waals surface area contributed by atoms with E-state index in [9.17, 15) is 9.59 Å². The van der Waals surface area contributed by atoms with Gasteiger partial charge in [-0.05, 0) is 55.5 Å². The number of benzene rings is 3. The number of carbonyl (C=O) groups excluding carboxylic acids is 2. The first-order valence-electron chi connectivity index (χ1n) is 11.8. The Hall–Kier alpha value is -3.74. The monoisotopic (exact) mass is 476 g/mol. The highest BCUT2D eigenvalue weighted by Crippen LogP contribution is 2.31. The topological polar surface area (TPSA) is 77.1 Å². The summed E-state index contributed by atoms with van der Waals surface area (Å²) in [6, 6.07) is 16.7. The number of hydrogen-bond acceptors (Lipinski definition) is 5. The Morgan fingerprint density at radius 2 is 1.54 bits per heavy atom. The van der Waals surface area contributed by atoms with Gasteiger partial charge in [0.2, 0.25) is 5.91 Å². The molecule has 7 nitrogen and oxygen atoms in total. The van der Waals surface area contributed by atoms with Gasteiger partial charge in [0, 0.05) is 35.5 Å². The van der Waals surface area contributed by atoms with Crippen molar-refractivity contribution in [3.8, 4) is 17.2 Å². The fourth-order valence-electron chi connectivity index (χ4n) is 4.74. The number of ether oxygens (including phenoxy) is 3. The summed E-state index contributed by atoms with van der Waals surface area (Å²) >= 11 is 0. The van der Waals surface area contributed by atoms with Crippen LogP contribution < -0.4 is 19.5 Å². The van der Waals surface area contributed by atoms with Crippen LogP contribution in [-0.4, -0.2) is 51.1 Å². The molecule has 0 spiro atoms. The highest BCUT2D eigenvalue weighted by Gasteiger charge is 2.29. The molecule has 0 radical (unpaired) electrons. The minimum Gasteiger partial charge on any atom is -0.497 e. The van der Waals surface area contributed by atoms with E-state index in [1.165, 1.54) is 0 Å². The van der Waals surface area contributed by atoms with Gasteiger partial charge in [0.05, 0.1) is 27.4 Å². The zero-order chi connectivity index (χ0) is 24.9. The van der Waals surface area contributed by atoms with Gasteiger partial charge in [-0.15, -0.1) is 0 Å². The Kier molecular flexibility index (Phi) is 7.44. The molecule has 0 aromatic heterocycles. The number of piperidine rings is 1. The van der Waals surface area contributed by atoms with E-state index >= 15 is 0 Å². The summed E-state index contributed by atoms with van der Waals surface area (Å²) in [4.78, 5) is 28.2. The second-order valence-electron chi connectivity index (χ2n) is 8.77. The summed E-state index contributed by atoms with van der Waals surface area (Å²) in [7, 11) is 4.85. The van der Waals surface area contributed by atoms with E-state index in [-0.39, 0.29) is 23.8 Å². The third-order valence-corrected chi connectivity index (χ3v) is 6.75. The zero-order valence-electron chi connectivity index (χ0n) is 20.7. The molecule has 1 heterocycles. The van der Waals surface area contributed by atoms with E-state index in [0.29, 0.717) is 43.0 Å². The van der Waals surface area contributed by atoms with Crippen molar-refractivity contribution in [1.29, 1.82) is 0 Å². The van der Waals surface area contributed by atoms with E-state index < -0.39 is 0 Å². The highest BCUT2D eigenvalue weighted by atomic mass is 16.5. The fraction of sp³-hybridized carbons (Fsp3) is 0.357. The van der Waals surface area contributed by atoms with Crippen LogP contribution in [0, 0.1) is 5.92 Å². The van der Waals surface area contributed by atoms with Gasteiger partial charge >= 0.3 is 0 Å². The number of rotatable bonds is 7. The van der Waals surface area contributed by atoms with Crippen molar-refractivity contribution in [2.45, 2.75) is 25.8 Å². The average Bonchev–Trinajstić information content (AvgIpc) is 2.91. The normalized spacial score (nSPS) is 14.9. The number of hydrogen-bond donors (Lipinski definition) is 1. The summed E-state index contributed by atoms with van der Waals surface area (Å²) in [5.74, 6) is 1.98. The lowest BCUT2D eigenvalue weighted by Gasteiger charge is -2.32. The average molecular weight is 477 g/mol. The molecule has 1 fully saturated rings. The van der Waals surface area contributed by atoms with Gasteiger partial charge in [0.25, 0.3) is 5.91 Å². The maximum Gasteiger partial charge on any atom is 0.254 e. The molecule has 0 saturated carbocycles. The molecule has 35 heavy (non-hydrogen) atoms. The summed E-state index contributed by atoms with van der Waals surface area (Å²) in [5.41, 5.74) is 1.52. The van der Waals surface area contributed by atoms with Crippen LogP contribution >= 0.6 is 0 Å². The number of nitrogens with one attached hydrogen (secondary N) is 1. The van der Waals surface area contributed by atoms with Crippen LogP contribution in [0.2, 0.25) is 0 Å². The number of likely N-dealkylation sites (tertiary alicyclic amines) is 1. The minimum absolute atomic E-state index is 0.00984. The fourth-order valence-corrected chi connectivity index (χ4v) is 4.74. The van der Waals surface area contributed by atoms with Crippen molar-refractivity contribution in [2.24, 2.45) is 5.92 Å². The SMILES string of the molecule is COc1ccc(OC)c(C(C)NC(=O)C2CCN(C(=O)c3ccc(OC)c4ccccc34)CC2)c1. The first-order chi connectivity index (χ1) is 17.0. The smallest absolute Gasteiger partial charge is 0.254 e. The predicted octanol–water partition coefficient (Wildman–Crippen LogP) is 4.60. The van der Waals surface area contributed by atoms with Gasteiger partial charge in [-0.2, -0.15) is 0 Å². The third-order valence-electron chi connectivity index (χ3n) is 6.75. The molecule has 2 amide bonds. The minimum atomic E-state index is -0.238. The molecule has 3 aromatic rings. The quantitative estimate of drug-likeness (QED) is 0.540. The number of amides is 2. The summed E-state index contributed by atoms with van der Waals surface area (Å²) in [6.07, 6.45) is 1.24. The van der Waals surface area contributed by atoms with Gasteiger partial charge in [-0.1, -0.05) is 24.3 Å². The third kappa shape index (κ3) is 5.04. The molecule has 4 rings (SSSR count). The lowest BCUT2D eigenvalue weighted by molar-refractivity contribution is -0.127. The van der Waals surface area contributed by atoms with Crippen molar-refractivity contribution < 1.29 is 23.8 Å².